The van der Waals surface area contributed by atoms with Gasteiger partial charge in [0.25, 0.3) is 0 Å². The maximum Gasteiger partial charge on any atom is 0.697 e. The van der Waals surface area contributed by atoms with Crippen molar-refractivity contribution < 1.29 is 27.3 Å². The molecule has 0 N–H and O–H groups in total. The van der Waals surface area contributed by atoms with Crippen LogP contribution >= 0.6 is 17.7 Å². The molecule has 0 bridgehead atoms. The molecule has 1 aliphatic rings. The Morgan fingerprint density at radius 1 is 1.71 bits per heavy atom. The summed E-state index contributed by atoms with van der Waals surface area (Å²) in [6, 6.07) is 0. The molecule has 0 radical (unpaired) electrons. The molecule has 0 aromatic rings. The van der Waals surface area contributed by atoms with Crippen molar-refractivity contribution in [2.24, 2.45) is 0 Å². The Balaban J connectivity index is 2.48. The van der Waals surface area contributed by atoms with E-state index in [-0.39, 0.29) is 13.2 Å². The lowest BCUT2D eigenvalue weighted by Crippen LogP contribution is -2.31. The van der Waals surface area contributed by atoms with Gasteiger partial charge in [0.15, 0.2) is 12.3 Å². The minimum Gasteiger partial charge on any atom is -0.370 e. The molecule has 14 heavy (non-hydrogen) atoms. The SMILES string of the molecule is CO[P+](=O)O[C@H]1[C@@H](F)CO[C@@H]1COP. The Hall–Kier alpha value is 0.300. The topological polar surface area (TPSA) is 54.0 Å². The molecule has 5 nitrogen and oxygen atoms in total. The Kier molecular flexibility index (Phi) is 5.31. The number of hydrogen-bond acceptors (Lipinski definition) is 5. The molecule has 8 heteroatoms. The van der Waals surface area contributed by atoms with Crippen LogP contribution in [0, 0.1) is 0 Å². The highest BCUT2D eigenvalue weighted by atomic mass is 31.1. The molecule has 1 aliphatic heterocycles. The van der Waals surface area contributed by atoms with Gasteiger partial charge in [0.05, 0.1) is 20.3 Å². The standard InChI is InChI=1S/C6H12FO5P2/c1-9-14(8)12-6-4(7)2-10-5(6)3-11-13/h4-6H,2-3,13H2,1H3/q+1/t4-,5+,6-/m0/s1. The van der Waals surface area contributed by atoms with Gasteiger partial charge in [0.2, 0.25) is 0 Å². The fraction of sp³-hybridized carbons (Fsp3) is 1.00. The number of alkyl halides is 1. The van der Waals surface area contributed by atoms with Gasteiger partial charge in [-0.15, -0.1) is 9.05 Å². The molecule has 0 aromatic heterocycles. The van der Waals surface area contributed by atoms with E-state index in [1.165, 1.54) is 7.11 Å². The van der Waals surface area contributed by atoms with Gasteiger partial charge in [-0.3, -0.25) is 0 Å². The molecule has 1 fully saturated rings. The van der Waals surface area contributed by atoms with Gasteiger partial charge in [0, 0.05) is 14.0 Å². The summed E-state index contributed by atoms with van der Waals surface area (Å²) >= 11 is 0. The summed E-state index contributed by atoms with van der Waals surface area (Å²) in [4.78, 5) is 0. The van der Waals surface area contributed by atoms with Crippen LogP contribution in [0.3, 0.4) is 0 Å². The first-order chi connectivity index (χ1) is 6.69. The molecular formula is C6H12FO5P2+. The second-order valence-electron chi connectivity index (χ2n) is 2.70. The number of ether oxygens (including phenoxy) is 1. The highest BCUT2D eigenvalue weighted by Gasteiger charge is 2.45. The van der Waals surface area contributed by atoms with E-state index in [2.05, 4.69) is 4.52 Å². The third kappa shape index (κ3) is 3.16. The van der Waals surface area contributed by atoms with E-state index in [0.717, 1.165) is 0 Å². The highest BCUT2D eigenvalue weighted by Crippen LogP contribution is 2.32. The van der Waals surface area contributed by atoms with E-state index in [4.69, 9.17) is 13.8 Å². The van der Waals surface area contributed by atoms with Crippen molar-refractivity contribution in [2.75, 3.05) is 20.3 Å². The second-order valence-corrected chi connectivity index (χ2v) is 4.05. The molecule has 0 spiro atoms. The molecular weight excluding hydrogens is 233 g/mol. The van der Waals surface area contributed by atoms with Crippen molar-refractivity contribution in [2.45, 2.75) is 18.4 Å². The third-order valence-corrected chi connectivity index (χ3v) is 2.72. The lowest BCUT2D eigenvalue weighted by molar-refractivity contribution is 0.0201. The number of halogens is 1. The molecule has 0 aliphatic carbocycles. The number of rotatable bonds is 5. The first-order valence-corrected chi connectivity index (χ1v) is 5.51. The van der Waals surface area contributed by atoms with Gasteiger partial charge >= 0.3 is 8.25 Å². The van der Waals surface area contributed by atoms with Crippen LogP contribution in [-0.2, 0) is 22.9 Å². The third-order valence-electron chi connectivity index (χ3n) is 1.81. The Bertz CT molecular complexity index is 203. The molecule has 0 saturated carbocycles. The molecule has 1 heterocycles. The van der Waals surface area contributed by atoms with E-state index >= 15 is 0 Å². The zero-order valence-electron chi connectivity index (χ0n) is 7.59. The summed E-state index contributed by atoms with van der Waals surface area (Å²) in [5.74, 6) is 0. The molecule has 1 rings (SSSR count). The molecule has 82 valence electrons. The smallest absolute Gasteiger partial charge is 0.370 e. The first kappa shape index (κ1) is 12.4. The van der Waals surface area contributed by atoms with Crippen LogP contribution in [0.1, 0.15) is 0 Å². The maximum absolute atomic E-state index is 13.2. The van der Waals surface area contributed by atoms with Crippen molar-refractivity contribution in [3.05, 3.63) is 0 Å². The Morgan fingerprint density at radius 2 is 2.43 bits per heavy atom. The highest BCUT2D eigenvalue weighted by molar-refractivity contribution is 7.33. The Labute approximate surface area is 84.5 Å². The average Bonchev–Trinajstić information content (AvgIpc) is 2.50. The normalized spacial score (nSPS) is 33.4. The monoisotopic (exact) mass is 245 g/mol. The zero-order chi connectivity index (χ0) is 10.6. The van der Waals surface area contributed by atoms with Gasteiger partial charge in [-0.25, -0.2) is 4.39 Å². The predicted molar refractivity (Wildman–Crippen MR) is 49.8 cm³/mol. The van der Waals surface area contributed by atoms with Crippen LogP contribution < -0.4 is 0 Å². The van der Waals surface area contributed by atoms with Crippen LogP contribution in [0.15, 0.2) is 0 Å². The van der Waals surface area contributed by atoms with Crippen molar-refractivity contribution in [1.82, 2.24) is 0 Å². The first-order valence-electron chi connectivity index (χ1n) is 3.94. The van der Waals surface area contributed by atoms with Gasteiger partial charge < -0.3 is 9.26 Å². The lowest BCUT2D eigenvalue weighted by Gasteiger charge is -2.12. The van der Waals surface area contributed by atoms with E-state index in [1.54, 1.807) is 0 Å². The fourth-order valence-corrected chi connectivity index (χ4v) is 1.89. The van der Waals surface area contributed by atoms with E-state index in [9.17, 15) is 8.96 Å². The molecule has 0 amide bonds. The van der Waals surface area contributed by atoms with Gasteiger partial charge in [-0.1, -0.05) is 0 Å². The fourth-order valence-electron chi connectivity index (χ4n) is 1.15. The summed E-state index contributed by atoms with van der Waals surface area (Å²) in [6.07, 6.45) is -2.73. The second kappa shape index (κ2) is 6.01. The summed E-state index contributed by atoms with van der Waals surface area (Å²) in [5, 5.41) is 0. The Morgan fingerprint density at radius 3 is 3.00 bits per heavy atom. The van der Waals surface area contributed by atoms with Crippen molar-refractivity contribution in [1.29, 1.82) is 0 Å². The summed E-state index contributed by atoms with van der Waals surface area (Å²) in [7, 11) is 0.971. The minimum absolute atomic E-state index is 0.0732. The summed E-state index contributed by atoms with van der Waals surface area (Å²) < 4.78 is 43.1. The van der Waals surface area contributed by atoms with Gasteiger partial charge in [-0.2, -0.15) is 0 Å². The lowest BCUT2D eigenvalue weighted by atomic mass is 10.2. The minimum atomic E-state index is -2.29. The summed E-state index contributed by atoms with van der Waals surface area (Å²) in [5.41, 5.74) is 0. The van der Waals surface area contributed by atoms with Crippen LogP contribution in [-0.4, -0.2) is 38.7 Å². The van der Waals surface area contributed by atoms with Crippen molar-refractivity contribution in [3.8, 4) is 0 Å². The van der Waals surface area contributed by atoms with Gasteiger partial charge in [0.1, 0.15) is 6.10 Å². The van der Waals surface area contributed by atoms with E-state index in [0.29, 0.717) is 0 Å². The largest absolute Gasteiger partial charge is 0.697 e. The van der Waals surface area contributed by atoms with Crippen LogP contribution in [0.25, 0.3) is 0 Å². The van der Waals surface area contributed by atoms with E-state index < -0.39 is 26.6 Å². The molecule has 1 saturated heterocycles. The van der Waals surface area contributed by atoms with Crippen molar-refractivity contribution in [3.63, 3.8) is 0 Å². The molecule has 5 atom stereocenters. The van der Waals surface area contributed by atoms with Gasteiger partial charge in [-0.05, 0) is 0 Å². The zero-order valence-corrected chi connectivity index (χ0v) is 9.64. The average molecular weight is 245 g/mol. The maximum atomic E-state index is 13.2. The summed E-state index contributed by atoms with van der Waals surface area (Å²) in [6.45, 7) is 0.0961. The number of hydrogen-bond donors (Lipinski definition) is 0. The molecule has 0 aromatic carbocycles. The van der Waals surface area contributed by atoms with Crippen LogP contribution in [0.4, 0.5) is 4.39 Å². The van der Waals surface area contributed by atoms with Crippen LogP contribution in [0.5, 0.6) is 0 Å². The van der Waals surface area contributed by atoms with Crippen molar-refractivity contribution >= 4 is 17.7 Å². The predicted octanol–water partition coefficient (Wildman–Crippen LogP) is 1.22. The quantitative estimate of drug-likeness (QED) is 0.681. The van der Waals surface area contributed by atoms with Crippen LogP contribution in [0.2, 0.25) is 0 Å². The molecule has 2 unspecified atom stereocenters. The van der Waals surface area contributed by atoms with E-state index in [1.807, 2.05) is 9.47 Å².